The van der Waals surface area contributed by atoms with Gasteiger partial charge in [-0.3, -0.25) is 4.79 Å². The van der Waals surface area contributed by atoms with Crippen LogP contribution in [0.3, 0.4) is 0 Å². The van der Waals surface area contributed by atoms with E-state index in [-0.39, 0.29) is 28.3 Å². The summed E-state index contributed by atoms with van der Waals surface area (Å²) in [5, 5.41) is 9.43. The van der Waals surface area contributed by atoms with Crippen LogP contribution in [0.1, 0.15) is 42.6 Å². The SMILES string of the molecule is COc1cccc(C=Cc2oc3cc(F)ccc3c(=O)c2-c2ccc(C#N)cc2)c1OC1CCCC1. The molecule has 3 aromatic carbocycles. The smallest absolute Gasteiger partial charge is 0.201 e. The van der Waals surface area contributed by atoms with Crippen LogP contribution in [-0.2, 0) is 0 Å². The number of ether oxygens (including phenoxy) is 2. The van der Waals surface area contributed by atoms with Gasteiger partial charge >= 0.3 is 0 Å². The molecule has 0 saturated heterocycles. The van der Waals surface area contributed by atoms with Crippen molar-refractivity contribution in [3.63, 3.8) is 0 Å². The molecule has 1 saturated carbocycles. The normalized spacial score (nSPS) is 13.8. The van der Waals surface area contributed by atoms with Gasteiger partial charge in [0, 0.05) is 11.6 Å². The van der Waals surface area contributed by atoms with Crippen molar-refractivity contribution in [2.24, 2.45) is 0 Å². The molecule has 1 aliphatic rings. The van der Waals surface area contributed by atoms with Crippen molar-refractivity contribution < 1.29 is 18.3 Å². The van der Waals surface area contributed by atoms with E-state index >= 15 is 0 Å². The molecular weight excluding hydrogens is 457 g/mol. The number of rotatable bonds is 6. The zero-order chi connectivity index (χ0) is 25.1. The molecule has 0 N–H and O–H groups in total. The van der Waals surface area contributed by atoms with Crippen molar-refractivity contribution in [2.75, 3.05) is 7.11 Å². The third-order valence-electron chi connectivity index (χ3n) is 6.41. The standard InChI is InChI=1S/C30H24FNO4/c1-34-26-8-4-5-21(30(26)35-23-6-2-3-7-23)13-16-25-28(20-11-9-19(18-32)10-12-20)29(33)24-15-14-22(31)17-27(24)36-25/h4-5,8-17,23H,2-3,6-7H2,1H3. The van der Waals surface area contributed by atoms with Crippen molar-refractivity contribution in [3.05, 3.63) is 93.6 Å². The quantitative estimate of drug-likeness (QED) is 0.297. The second-order valence-corrected chi connectivity index (χ2v) is 8.74. The zero-order valence-electron chi connectivity index (χ0n) is 19.8. The predicted molar refractivity (Wildman–Crippen MR) is 137 cm³/mol. The van der Waals surface area contributed by atoms with Crippen LogP contribution in [0.2, 0.25) is 0 Å². The Morgan fingerprint density at radius 1 is 1.06 bits per heavy atom. The highest BCUT2D eigenvalue weighted by molar-refractivity contribution is 5.87. The van der Waals surface area contributed by atoms with Gasteiger partial charge in [-0.15, -0.1) is 0 Å². The Kier molecular flexibility index (Phi) is 6.55. The summed E-state index contributed by atoms with van der Waals surface area (Å²) >= 11 is 0. The van der Waals surface area contributed by atoms with Gasteiger partial charge in [-0.05, 0) is 73.7 Å². The van der Waals surface area contributed by atoms with Gasteiger partial charge in [-0.2, -0.15) is 5.26 Å². The predicted octanol–water partition coefficient (Wildman–Crippen LogP) is 6.97. The van der Waals surface area contributed by atoms with Crippen LogP contribution >= 0.6 is 0 Å². The summed E-state index contributed by atoms with van der Waals surface area (Å²) in [7, 11) is 1.60. The number of nitrogens with zero attached hydrogens (tertiary/aromatic N) is 1. The summed E-state index contributed by atoms with van der Waals surface area (Å²) in [5.41, 5.74) is 2.05. The van der Waals surface area contributed by atoms with Gasteiger partial charge < -0.3 is 13.9 Å². The lowest BCUT2D eigenvalue weighted by Gasteiger charge is -2.18. The Morgan fingerprint density at radius 2 is 1.83 bits per heavy atom. The van der Waals surface area contributed by atoms with E-state index in [1.165, 1.54) is 18.2 Å². The number of hydrogen-bond donors (Lipinski definition) is 0. The summed E-state index contributed by atoms with van der Waals surface area (Å²) in [4.78, 5) is 13.5. The maximum absolute atomic E-state index is 13.9. The molecule has 1 heterocycles. The zero-order valence-corrected chi connectivity index (χ0v) is 19.8. The van der Waals surface area contributed by atoms with Crippen LogP contribution in [0.4, 0.5) is 4.39 Å². The minimum Gasteiger partial charge on any atom is -0.493 e. The van der Waals surface area contributed by atoms with Crippen LogP contribution in [0.5, 0.6) is 11.5 Å². The summed E-state index contributed by atoms with van der Waals surface area (Å²) in [6.45, 7) is 0. The van der Waals surface area contributed by atoms with Crippen molar-refractivity contribution in [2.45, 2.75) is 31.8 Å². The molecule has 0 bridgehead atoms. The maximum atomic E-state index is 13.9. The number of nitriles is 1. The van der Waals surface area contributed by atoms with Crippen LogP contribution in [0, 0.1) is 17.1 Å². The highest BCUT2D eigenvalue weighted by Gasteiger charge is 2.20. The average Bonchev–Trinajstić information content (AvgIpc) is 3.41. The van der Waals surface area contributed by atoms with Gasteiger partial charge in [0.15, 0.2) is 11.5 Å². The third-order valence-corrected chi connectivity index (χ3v) is 6.41. The molecule has 36 heavy (non-hydrogen) atoms. The number of para-hydroxylation sites is 1. The monoisotopic (exact) mass is 481 g/mol. The maximum Gasteiger partial charge on any atom is 0.201 e. The average molecular weight is 482 g/mol. The minimum absolute atomic E-state index is 0.129. The van der Waals surface area contributed by atoms with Crippen molar-refractivity contribution in [3.8, 4) is 28.7 Å². The third kappa shape index (κ3) is 4.60. The highest BCUT2D eigenvalue weighted by Crippen LogP contribution is 2.36. The first-order valence-corrected chi connectivity index (χ1v) is 11.9. The number of halogens is 1. The summed E-state index contributed by atoms with van der Waals surface area (Å²) in [5.74, 6) is 1.04. The fourth-order valence-electron chi connectivity index (χ4n) is 4.58. The Morgan fingerprint density at radius 3 is 2.56 bits per heavy atom. The summed E-state index contributed by atoms with van der Waals surface area (Å²) in [6.07, 6.45) is 7.89. The van der Waals surface area contributed by atoms with Gasteiger partial charge in [-0.25, -0.2) is 4.39 Å². The molecule has 0 atom stereocenters. The van der Waals surface area contributed by atoms with Crippen molar-refractivity contribution in [1.82, 2.24) is 0 Å². The number of methoxy groups -OCH3 is 1. The Balaban J connectivity index is 1.65. The molecule has 0 amide bonds. The first-order chi connectivity index (χ1) is 17.6. The molecule has 0 radical (unpaired) electrons. The van der Waals surface area contributed by atoms with Gasteiger partial charge in [0.25, 0.3) is 0 Å². The Labute approximate surface area is 208 Å². The minimum atomic E-state index is -0.494. The van der Waals surface area contributed by atoms with E-state index in [1.807, 2.05) is 24.3 Å². The fourth-order valence-corrected chi connectivity index (χ4v) is 4.58. The summed E-state index contributed by atoms with van der Waals surface area (Å²) < 4.78 is 31.9. The van der Waals surface area contributed by atoms with Gasteiger partial charge in [0.1, 0.15) is 17.2 Å². The van der Waals surface area contributed by atoms with E-state index in [0.717, 1.165) is 31.2 Å². The number of hydrogen-bond acceptors (Lipinski definition) is 5. The van der Waals surface area contributed by atoms with Gasteiger partial charge in [0.2, 0.25) is 5.43 Å². The Bertz CT molecular complexity index is 1540. The molecule has 5 rings (SSSR count). The van der Waals surface area contributed by atoms with Crippen LogP contribution in [0.15, 0.2) is 69.9 Å². The lowest BCUT2D eigenvalue weighted by molar-refractivity contribution is 0.200. The van der Waals surface area contributed by atoms with Crippen molar-refractivity contribution >= 4 is 23.1 Å². The van der Waals surface area contributed by atoms with Crippen LogP contribution < -0.4 is 14.9 Å². The molecule has 0 aliphatic heterocycles. The first-order valence-electron chi connectivity index (χ1n) is 11.9. The highest BCUT2D eigenvalue weighted by atomic mass is 19.1. The molecule has 5 nitrogen and oxygen atoms in total. The van der Waals surface area contributed by atoms with E-state index in [9.17, 15) is 9.18 Å². The summed E-state index contributed by atoms with van der Waals surface area (Å²) in [6, 6.07) is 18.3. The molecular formula is C30H24FNO4. The molecule has 1 fully saturated rings. The first kappa shape index (κ1) is 23.4. The largest absolute Gasteiger partial charge is 0.493 e. The molecule has 6 heteroatoms. The lowest BCUT2D eigenvalue weighted by atomic mass is 10.00. The molecule has 180 valence electrons. The second kappa shape index (κ2) is 10.1. The molecule has 1 aliphatic carbocycles. The Hall–Kier alpha value is -4.37. The second-order valence-electron chi connectivity index (χ2n) is 8.74. The van der Waals surface area contributed by atoms with E-state index in [1.54, 1.807) is 37.5 Å². The van der Waals surface area contributed by atoms with Crippen LogP contribution in [0.25, 0.3) is 34.2 Å². The topological polar surface area (TPSA) is 72.5 Å². The lowest BCUT2D eigenvalue weighted by Crippen LogP contribution is -2.12. The molecule has 4 aromatic rings. The molecule has 0 unspecified atom stereocenters. The molecule has 1 aromatic heterocycles. The van der Waals surface area contributed by atoms with Gasteiger partial charge in [0.05, 0.1) is 35.8 Å². The van der Waals surface area contributed by atoms with E-state index in [0.29, 0.717) is 28.2 Å². The van der Waals surface area contributed by atoms with Gasteiger partial charge in [-0.1, -0.05) is 24.3 Å². The molecule has 0 spiro atoms. The number of fused-ring (bicyclic) bond motifs is 1. The van der Waals surface area contributed by atoms with E-state index in [2.05, 4.69) is 6.07 Å². The van der Waals surface area contributed by atoms with Crippen molar-refractivity contribution in [1.29, 1.82) is 5.26 Å². The van der Waals surface area contributed by atoms with Crippen LogP contribution in [-0.4, -0.2) is 13.2 Å². The van der Waals surface area contributed by atoms with E-state index in [4.69, 9.17) is 19.2 Å². The number of benzene rings is 3. The van der Waals surface area contributed by atoms with E-state index < -0.39 is 5.82 Å². The fraction of sp³-hybridized carbons (Fsp3) is 0.200.